The van der Waals surface area contributed by atoms with E-state index >= 15 is 0 Å². The number of carbonyl (C=O) groups excluding carboxylic acids is 1. The van der Waals surface area contributed by atoms with Gasteiger partial charge in [-0.05, 0) is 12.5 Å². The third kappa shape index (κ3) is 2.30. The first-order valence-corrected chi connectivity index (χ1v) is 3.88. The van der Waals surface area contributed by atoms with Gasteiger partial charge in [-0.1, -0.05) is 6.92 Å². The van der Waals surface area contributed by atoms with E-state index in [0.717, 1.165) is 6.42 Å². The molecule has 1 N–H and O–H groups in total. The second kappa shape index (κ2) is 4.43. The summed E-state index contributed by atoms with van der Waals surface area (Å²) in [5.74, 6) is -0.140. The maximum absolute atomic E-state index is 11.2. The average Bonchev–Trinajstić information content (AvgIpc) is 2.15. The van der Waals surface area contributed by atoms with Crippen LogP contribution < -0.4 is 5.32 Å². The lowest BCUT2D eigenvalue weighted by Gasteiger charge is -2.00. The normalized spacial score (nSPS) is 9.42. The Labute approximate surface area is 71.0 Å². The van der Waals surface area contributed by atoms with Gasteiger partial charge in [0.2, 0.25) is 0 Å². The first-order valence-electron chi connectivity index (χ1n) is 3.88. The summed E-state index contributed by atoms with van der Waals surface area (Å²) < 4.78 is 0. The zero-order valence-corrected chi connectivity index (χ0v) is 6.95. The molecule has 0 unspecified atom stereocenters. The highest BCUT2D eigenvalue weighted by Crippen LogP contribution is 1.89. The Balaban J connectivity index is 2.54. The van der Waals surface area contributed by atoms with Gasteiger partial charge in [-0.2, -0.15) is 0 Å². The van der Waals surface area contributed by atoms with Crippen LogP contribution in [-0.2, 0) is 0 Å². The Hall–Kier alpha value is -1.45. The minimum Gasteiger partial charge on any atom is -0.351 e. The molecule has 64 valence electrons. The van der Waals surface area contributed by atoms with Crippen LogP contribution in [0, 0.1) is 0 Å². The summed E-state index contributed by atoms with van der Waals surface area (Å²) in [5.41, 5.74) is 0.415. The van der Waals surface area contributed by atoms with Crippen LogP contribution in [0.25, 0.3) is 0 Å². The van der Waals surface area contributed by atoms with Crippen LogP contribution in [0.5, 0.6) is 0 Å². The van der Waals surface area contributed by atoms with E-state index in [1.165, 1.54) is 6.33 Å². The summed E-state index contributed by atoms with van der Waals surface area (Å²) in [6.07, 6.45) is 3.84. The number of rotatable bonds is 3. The molecule has 1 rings (SSSR count). The fourth-order valence-corrected chi connectivity index (χ4v) is 0.754. The molecule has 0 spiro atoms. The predicted molar refractivity (Wildman–Crippen MR) is 44.7 cm³/mol. The molecule has 4 nitrogen and oxygen atoms in total. The molecule has 0 radical (unpaired) electrons. The molecule has 4 heteroatoms. The third-order valence-corrected chi connectivity index (χ3v) is 1.35. The van der Waals surface area contributed by atoms with Crippen molar-refractivity contribution < 1.29 is 4.79 Å². The second-order valence-corrected chi connectivity index (χ2v) is 2.35. The van der Waals surface area contributed by atoms with Gasteiger partial charge in [0.15, 0.2) is 0 Å². The van der Waals surface area contributed by atoms with Gasteiger partial charge in [-0.25, -0.2) is 9.97 Å². The van der Waals surface area contributed by atoms with E-state index in [9.17, 15) is 4.79 Å². The summed E-state index contributed by atoms with van der Waals surface area (Å²) in [6, 6.07) is 1.59. The Bertz CT molecular complexity index is 248. The monoisotopic (exact) mass is 165 g/mol. The molecule has 0 atom stereocenters. The largest absolute Gasteiger partial charge is 0.351 e. The molecule has 0 aliphatic heterocycles. The van der Waals surface area contributed by atoms with Crippen molar-refractivity contribution in [2.45, 2.75) is 13.3 Å². The average molecular weight is 165 g/mol. The molecular weight excluding hydrogens is 154 g/mol. The number of amides is 1. The molecule has 0 aromatic carbocycles. The zero-order valence-electron chi connectivity index (χ0n) is 6.95. The summed E-state index contributed by atoms with van der Waals surface area (Å²) in [6.45, 7) is 2.68. The summed E-state index contributed by atoms with van der Waals surface area (Å²) in [5, 5.41) is 2.72. The Morgan fingerprint density at radius 2 is 2.50 bits per heavy atom. The lowest BCUT2D eigenvalue weighted by atomic mass is 10.3. The van der Waals surface area contributed by atoms with E-state index in [1.54, 1.807) is 12.3 Å². The molecule has 0 aliphatic carbocycles. The highest BCUT2D eigenvalue weighted by Gasteiger charge is 2.03. The van der Waals surface area contributed by atoms with Gasteiger partial charge in [0.25, 0.3) is 5.91 Å². The minimum atomic E-state index is -0.140. The standard InChI is InChI=1S/C8H11N3O/c1-2-4-10-8(12)7-3-5-9-6-11-7/h3,5-6H,2,4H2,1H3,(H,10,12). The van der Waals surface area contributed by atoms with Crippen molar-refractivity contribution in [3.05, 3.63) is 24.3 Å². The quantitative estimate of drug-likeness (QED) is 0.714. The molecule has 12 heavy (non-hydrogen) atoms. The van der Waals surface area contributed by atoms with Crippen LogP contribution in [0.1, 0.15) is 23.8 Å². The van der Waals surface area contributed by atoms with E-state index in [0.29, 0.717) is 12.2 Å². The molecule has 0 saturated heterocycles. The van der Waals surface area contributed by atoms with Crippen LogP contribution >= 0.6 is 0 Å². The number of hydrogen-bond donors (Lipinski definition) is 1. The second-order valence-electron chi connectivity index (χ2n) is 2.35. The van der Waals surface area contributed by atoms with E-state index in [-0.39, 0.29) is 5.91 Å². The van der Waals surface area contributed by atoms with Crippen molar-refractivity contribution in [3.8, 4) is 0 Å². The molecule has 0 bridgehead atoms. The summed E-state index contributed by atoms with van der Waals surface area (Å²) in [4.78, 5) is 18.7. The van der Waals surface area contributed by atoms with Gasteiger partial charge >= 0.3 is 0 Å². The van der Waals surface area contributed by atoms with Crippen LogP contribution in [0.15, 0.2) is 18.6 Å². The Morgan fingerprint density at radius 1 is 1.67 bits per heavy atom. The third-order valence-electron chi connectivity index (χ3n) is 1.35. The predicted octanol–water partition coefficient (Wildman–Crippen LogP) is 0.616. The number of nitrogens with zero attached hydrogens (tertiary/aromatic N) is 2. The zero-order chi connectivity index (χ0) is 8.81. The SMILES string of the molecule is CCCNC(=O)c1ccncn1. The summed E-state index contributed by atoms with van der Waals surface area (Å²) in [7, 11) is 0. The first kappa shape index (κ1) is 8.64. The maximum atomic E-state index is 11.2. The molecular formula is C8H11N3O. The Morgan fingerprint density at radius 3 is 3.08 bits per heavy atom. The van der Waals surface area contributed by atoms with Crippen LogP contribution in [0.4, 0.5) is 0 Å². The van der Waals surface area contributed by atoms with Crippen molar-refractivity contribution >= 4 is 5.91 Å². The van der Waals surface area contributed by atoms with E-state index < -0.39 is 0 Å². The van der Waals surface area contributed by atoms with Gasteiger partial charge in [0.05, 0.1) is 0 Å². The van der Waals surface area contributed by atoms with Crippen molar-refractivity contribution in [1.29, 1.82) is 0 Å². The van der Waals surface area contributed by atoms with Gasteiger partial charge < -0.3 is 5.32 Å². The smallest absolute Gasteiger partial charge is 0.270 e. The van der Waals surface area contributed by atoms with Crippen molar-refractivity contribution in [2.24, 2.45) is 0 Å². The highest BCUT2D eigenvalue weighted by atomic mass is 16.1. The van der Waals surface area contributed by atoms with Crippen molar-refractivity contribution in [3.63, 3.8) is 0 Å². The lowest BCUT2D eigenvalue weighted by Crippen LogP contribution is -2.24. The molecule has 0 fully saturated rings. The number of carbonyl (C=O) groups is 1. The van der Waals surface area contributed by atoms with Crippen LogP contribution in [0.2, 0.25) is 0 Å². The minimum absolute atomic E-state index is 0.140. The fraction of sp³-hybridized carbons (Fsp3) is 0.375. The van der Waals surface area contributed by atoms with Crippen molar-refractivity contribution in [1.82, 2.24) is 15.3 Å². The molecule has 0 aliphatic rings. The molecule has 1 aromatic heterocycles. The Kier molecular flexibility index (Phi) is 3.19. The van der Waals surface area contributed by atoms with Gasteiger partial charge in [-0.15, -0.1) is 0 Å². The fourth-order valence-electron chi connectivity index (χ4n) is 0.754. The van der Waals surface area contributed by atoms with Crippen molar-refractivity contribution in [2.75, 3.05) is 6.54 Å². The lowest BCUT2D eigenvalue weighted by molar-refractivity contribution is 0.0948. The highest BCUT2D eigenvalue weighted by molar-refractivity contribution is 5.91. The molecule has 0 saturated carbocycles. The topological polar surface area (TPSA) is 54.9 Å². The van der Waals surface area contributed by atoms with E-state index in [1.807, 2.05) is 6.92 Å². The molecule has 1 heterocycles. The van der Waals surface area contributed by atoms with Gasteiger partial charge in [0, 0.05) is 12.7 Å². The van der Waals surface area contributed by atoms with Gasteiger partial charge in [-0.3, -0.25) is 4.79 Å². The van der Waals surface area contributed by atoms with Crippen LogP contribution in [-0.4, -0.2) is 22.4 Å². The van der Waals surface area contributed by atoms with Gasteiger partial charge in [0.1, 0.15) is 12.0 Å². The molecule has 1 amide bonds. The van der Waals surface area contributed by atoms with Crippen LogP contribution in [0.3, 0.4) is 0 Å². The number of nitrogens with one attached hydrogen (secondary N) is 1. The van der Waals surface area contributed by atoms with E-state index in [4.69, 9.17) is 0 Å². The first-order chi connectivity index (χ1) is 5.84. The van der Waals surface area contributed by atoms with E-state index in [2.05, 4.69) is 15.3 Å². The number of hydrogen-bond acceptors (Lipinski definition) is 3. The number of aromatic nitrogens is 2. The summed E-state index contributed by atoms with van der Waals surface area (Å²) >= 11 is 0. The molecule has 1 aromatic rings. The maximum Gasteiger partial charge on any atom is 0.270 e.